The molecule has 2 N–H and O–H groups in total. The Morgan fingerprint density at radius 3 is 2.15 bits per heavy atom. The van der Waals surface area contributed by atoms with Gasteiger partial charge in [0.15, 0.2) is 0 Å². The molecular weight excluding hydrogens is 264 g/mol. The average Bonchev–Trinajstić information content (AvgIpc) is 2.46. The van der Waals surface area contributed by atoms with Crippen LogP contribution in [0, 0.1) is 0 Å². The van der Waals surface area contributed by atoms with Gasteiger partial charge in [-0.15, -0.1) is 0 Å². The Hall–Kier alpha value is -1.71. The fourth-order valence-electron chi connectivity index (χ4n) is 2.38. The normalized spacial score (nSPS) is 12.3. The van der Waals surface area contributed by atoms with Crippen LogP contribution in [0.1, 0.15) is 23.6 Å². The predicted octanol–water partition coefficient (Wildman–Crippen LogP) is 3.54. The minimum absolute atomic E-state index is 0.217. The van der Waals surface area contributed by atoms with Gasteiger partial charge in [0.05, 0.1) is 4.99 Å². The van der Waals surface area contributed by atoms with Crippen LogP contribution in [-0.4, -0.2) is 16.9 Å². The van der Waals surface area contributed by atoms with E-state index in [0.717, 1.165) is 6.54 Å². The summed E-state index contributed by atoms with van der Waals surface area (Å²) in [7, 11) is 2.11. The number of nitrogens with zero attached hydrogens (tertiary/aromatic N) is 1. The molecule has 0 amide bonds. The van der Waals surface area contributed by atoms with E-state index in [2.05, 4.69) is 60.5 Å². The maximum absolute atomic E-state index is 5.77. The molecule has 1 atom stereocenters. The smallest absolute Gasteiger partial charge is 0.0746 e. The molecule has 0 aliphatic heterocycles. The maximum Gasteiger partial charge on any atom is 0.0746 e. The molecule has 2 aromatic carbocycles. The van der Waals surface area contributed by atoms with Crippen molar-refractivity contribution in [3.05, 3.63) is 71.8 Å². The van der Waals surface area contributed by atoms with Crippen molar-refractivity contribution in [2.45, 2.75) is 19.0 Å². The molecule has 0 saturated carbocycles. The van der Waals surface area contributed by atoms with Crippen LogP contribution in [-0.2, 0) is 6.54 Å². The third-order valence-corrected chi connectivity index (χ3v) is 3.55. The lowest BCUT2D eigenvalue weighted by atomic mass is 10.0. The van der Waals surface area contributed by atoms with Crippen LogP contribution in [0.4, 0.5) is 0 Å². The van der Waals surface area contributed by atoms with Crippen LogP contribution in [0.2, 0.25) is 0 Å². The summed E-state index contributed by atoms with van der Waals surface area (Å²) >= 11 is 5.11. The lowest BCUT2D eigenvalue weighted by Gasteiger charge is -2.28. The van der Waals surface area contributed by atoms with Crippen molar-refractivity contribution in [1.29, 1.82) is 0 Å². The van der Waals surface area contributed by atoms with Crippen molar-refractivity contribution in [1.82, 2.24) is 4.90 Å². The molecule has 2 nitrogen and oxygen atoms in total. The molecule has 2 aromatic rings. The third kappa shape index (κ3) is 4.15. The number of rotatable bonds is 6. The Balaban J connectivity index is 2.16. The van der Waals surface area contributed by atoms with Gasteiger partial charge in [-0.1, -0.05) is 72.9 Å². The highest BCUT2D eigenvalue weighted by Gasteiger charge is 2.17. The molecule has 20 heavy (non-hydrogen) atoms. The standard InChI is InChI=1S/C17H20N2S/c1-19(13-14-8-4-2-5-9-14)16(12-17(18)20)15-10-6-3-7-11-15/h2-11,16H,12-13H2,1H3,(H2,18,20). The van der Waals surface area contributed by atoms with Gasteiger partial charge in [0.25, 0.3) is 0 Å². The Labute approximate surface area is 126 Å². The topological polar surface area (TPSA) is 29.3 Å². The molecule has 0 aliphatic carbocycles. The first kappa shape index (κ1) is 14.7. The maximum atomic E-state index is 5.77. The summed E-state index contributed by atoms with van der Waals surface area (Å²) in [5.74, 6) is 0. The highest BCUT2D eigenvalue weighted by atomic mass is 32.1. The van der Waals surface area contributed by atoms with Gasteiger partial charge in [-0.05, 0) is 18.2 Å². The number of hydrogen-bond acceptors (Lipinski definition) is 2. The van der Waals surface area contributed by atoms with Crippen LogP contribution in [0.15, 0.2) is 60.7 Å². The van der Waals surface area contributed by atoms with Gasteiger partial charge in [0.1, 0.15) is 0 Å². The largest absolute Gasteiger partial charge is 0.393 e. The Morgan fingerprint density at radius 2 is 1.60 bits per heavy atom. The van der Waals surface area contributed by atoms with E-state index in [0.29, 0.717) is 11.4 Å². The second kappa shape index (κ2) is 7.17. The van der Waals surface area contributed by atoms with Crippen molar-refractivity contribution in [2.24, 2.45) is 5.73 Å². The molecule has 0 aromatic heterocycles. The molecule has 0 spiro atoms. The summed E-state index contributed by atoms with van der Waals surface area (Å²) in [5, 5.41) is 0. The van der Waals surface area contributed by atoms with Crippen molar-refractivity contribution in [3.8, 4) is 0 Å². The van der Waals surface area contributed by atoms with Crippen LogP contribution in [0.25, 0.3) is 0 Å². The van der Waals surface area contributed by atoms with Crippen LogP contribution in [0.3, 0.4) is 0 Å². The van der Waals surface area contributed by atoms with E-state index in [1.54, 1.807) is 0 Å². The predicted molar refractivity (Wildman–Crippen MR) is 88.5 cm³/mol. The Morgan fingerprint density at radius 1 is 1.05 bits per heavy atom. The van der Waals surface area contributed by atoms with Crippen LogP contribution >= 0.6 is 12.2 Å². The van der Waals surface area contributed by atoms with Gasteiger partial charge in [-0.25, -0.2) is 0 Å². The van der Waals surface area contributed by atoms with Gasteiger partial charge >= 0.3 is 0 Å². The highest BCUT2D eigenvalue weighted by Crippen LogP contribution is 2.24. The zero-order valence-electron chi connectivity index (χ0n) is 11.7. The van der Waals surface area contributed by atoms with E-state index in [1.807, 2.05) is 12.1 Å². The molecule has 1 unspecified atom stereocenters. The summed E-state index contributed by atoms with van der Waals surface area (Å²) in [6, 6.07) is 21.0. The van der Waals surface area contributed by atoms with Gasteiger partial charge in [0, 0.05) is 19.0 Å². The lowest BCUT2D eigenvalue weighted by Crippen LogP contribution is -2.28. The highest BCUT2D eigenvalue weighted by molar-refractivity contribution is 7.80. The second-order valence-corrected chi connectivity index (χ2v) is 5.52. The fourth-order valence-corrected chi connectivity index (χ4v) is 2.53. The summed E-state index contributed by atoms with van der Waals surface area (Å²) in [6.45, 7) is 0.878. The first-order valence-electron chi connectivity index (χ1n) is 6.74. The van der Waals surface area contributed by atoms with Crippen molar-refractivity contribution in [3.63, 3.8) is 0 Å². The summed E-state index contributed by atoms with van der Waals surface area (Å²) in [6.07, 6.45) is 0.697. The zero-order valence-corrected chi connectivity index (χ0v) is 12.5. The second-order valence-electron chi connectivity index (χ2n) is 5.00. The van der Waals surface area contributed by atoms with Crippen LogP contribution in [0.5, 0.6) is 0 Å². The van der Waals surface area contributed by atoms with Crippen LogP contribution < -0.4 is 5.73 Å². The summed E-state index contributed by atoms with van der Waals surface area (Å²) in [4.78, 5) is 2.85. The zero-order chi connectivity index (χ0) is 14.4. The minimum atomic E-state index is 0.217. The number of nitrogens with two attached hydrogens (primary N) is 1. The number of benzene rings is 2. The molecule has 3 heteroatoms. The Kier molecular flexibility index (Phi) is 5.27. The first-order chi connectivity index (χ1) is 9.66. The van der Waals surface area contributed by atoms with Crippen molar-refractivity contribution < 1.29 is 0 Å². The SMILES string of the molecule is CN(Cc1ccccc1)C(CC(N)=S)c1ccccc1. The molecule has 0 saturated heterocycles. The monoisotopic (exact) mass is 284 g/mol. The molecule has 0 heterocycles. The minimum Gasteiger partial charge on any atom is -0.393 e. The Bertz CT molecular complexity index is 539. The van der Waals surface area contributed by atoms with E-state index in [-0.39, 0.29) is 6.04 Å². The number of thiocarbonyl (C=S) groups is 1. The van der Waals surface area contributed by atoms with E-state index in [9.17, 15) is 0 Å². The molecule has 0 bridgehead atoms. The quantitative estimate of drug-likeness (QED) is 0.823. The fraction of sp³-hybridized carbons (Fsp3) is 0.235. The van der Waals surface area contributed by atoms with Gasteiger partial charge in [-0.2, -0.15) is 0 Å². The molecule has 104 valence electrons. The summed E-state index contributed by atoms with van der Waals surface area (Å²) < 4.78 is 0. The van der Waals surface area contributed by atoms with Gasteiger partial charge in [0.2, 0.25) is 0 Å². The first-order valence-corrected chi connectivity index (χ1v) is 7.15. The summed E-state index contributed by atoms with van der Waals surface area (Å²) in [5.41, 5.74) is 8.31. The van der Waals surface area contributed by atoms with Crippen molar-refractivity contribution in [2.75, 3.05) is 7.05 Å². The van der Waals surface area contributed by atoms with E-state index in [4.69, 9.17) is 18.0 Å². The van der Waals surface area contributed by atoms with Gasteiger partial charge < -0.3 is 5.73 Å². The number of hydrogen-bond donors (Lipinski definition) is 1. The van der Waals surface area contributed by atoms with E-state index >= 15 is 0 Å². The van der Waals surface area contributed by atoms with Gasteiger partial charge in [-0.3, -0.25) is 4.90 Å². The lowest BCUT2D eigenvalue weighted by molar-refractivity contribution is 0.242. The molecule has 2 rings (SSSR count). The average molecular weight is 284 g/mol. The molecule has 0 aliphatic rings. The molecule has 0 fully saturated rings. The van der Waals surface area contributed by atoms with Crippen molar-refractivity contribution >= 4 is 17.2 Å². The van der Waals surface area contributed by atoms with E-state index in [1.165, 1.54) is 11.1 Å². The molecular formula is C17H20N2S. The van der Waals surface area contributed by atoms with E-state index < -0.39 is 0 Å². The molecule has 0 radical (unpaired) electrons. The third-order valence-electron chi connectivity index (χ3n) is 3.39.